The molecule has 0 radical (unpaired) electrons. The van der Waals surface area contributed by atoms with E-state index in [1.807, 2.05) is 30.3 Å². The molecule has 0 bridgehead atoms. The number of carbonyl (C=O) groups excluding carboxylic acids is 2. The summed E-state index contributed by atoms with van der Waals surface area (Å²) in [5.74, 6) is -0.350. The molecule has 0 amide bonds. The molecule has 2 aromatic carbocycles. The molecule has 8 nitrogen and oxygen atoms in total. The molecule has 1 aliphatic carbocycles. The van der Waals surface area contributed by atoms with Crippen molar-refractivity contribution in [3.63, 3.8) is 0 Å². The number of aryl methyl sites for hydroxylation is 1. The van der Waals surface area contributed by atoms with E-state index in [9.17, 15) is 22.8 Å². The number of hydrogen-bond donors (Lipinski definition) is 0. The second-order valence-corrected chi connectivity index (χ2v) is 7.43. The normalized spacial score (nSPS) is 13.2. The van der Waals surface area contributed by atoms with Crippen molar-refractivity contribution < 1.29 is 40.4 Å². The second-order valence-electron chi connectivity index (χ2n) is 6.06. The second kappa shape index (κ2) is 7.46. The van der Waals surface area contributed by atoms with Crippen molar-refractivity contribution in [2.75, 3.05) is 0 Å². The maximum atomic E-state index is 12.8. The van der Waals surface area contributed by atoms with Crippen molar-refractivity contribution in [3.8, 4) is 5.69 Å². The zero-order chi connectivity index (χ0) is 22.3. The number of benzene rings is 2. The SMILES string of the molecule is C[n+]1nn(-c2ccccc2)c2c1C(=O)c1ccccc1C2=O.O=S(=O)([O-])C(F)(F)F. The molecule has 156 valence electrons. The first-order chi connectivity index (χ1) is 13.9. The summed E-state index contributed by atoms with van der Waals surface area (Å²) in [7, 11) is -4.41. The first-order valence-corrected chi connectivity index (χ1v) is 9.59. The van der Waals surface area contributed by atoms with E-state index in [4.69, 9.17) is 13.0 Å². The molecule has 30 heavy (non-hydrogen) atoms. The van der Waals surface area contributed by atoms with Crippen molar-refractivity contribution >= 4 is 21.7 Å². The average molecular weight is 439 g/mol. The lowest BCUT2D eigenvalue weighted by Crippen LogP contribution is -2.39. The van der Waals surface area contributed by atoms with E-state index in [1.54, 1.807) is 31.3 Å². The molecular weight excluding hydrogens is 427 g/mol. The molecule has 0 unspecified atom stereocenters. The predicted octanol–water partition coefficient (Wildman–Crippen LogP) is 1.52. The van der Waals surface area contributed by atoms with Gasteiger partial charge in [0, 0.05) is 11.1 Å². The predicted molar refractivity (Wildman–Crippen MR) is 93.8 cm³/mol. The number of alkyl halides is 3. The van der Waals surface area contributed by atoms with Crippen molar-refractivity contribution in [3.05, 3.63) is 77.1 Å². The van der Waals surface area contributed by atoms with E-state index < -0.39 is 15.6 Å². The van der Waals surface area contributed by atoms with Crippen LogP contribution in [0.5, 0.6) is 0 Å². The van der Waals surface area contributed by atoms with E-state index in [0.717, 1.165) is 5.69 Å². The monoisotopic (exact) mass is 439 g/mol. The van der Waals surface area contributed by atoms with Crippen LogP contribution in [0.25, 0.3) is 5.69 Å². The smallest absolute Gasteiger partial charge is 0.485 e. The maximum Gasteiger partial charge on any atom is 0.485 e. The summed E-state index contributed by atoms with van der Waals surface area (Å²) in [4.78, 5) is 25.5. The summed E-state index contributed by atoms with van der Waals surface area (Å²) in [6.07, 6.45) is 0. The minimum Gasteiger partial charge on any atom is -0.741 e. The van der Waals surface area contributed by atoms with Gasteiger partial charge < -0.3 is 4.55 Å². The fourth-order valence-corrected chi connectivity index (χ4v) is 2.82. The molecule has 1 heterocycles. The number of hydrogen-bond acceptors (Lipinski definition) is 6. The molecule has 4 rings (SSSR count). The van der Waals surface area contributed by atoms with Gasteiger partial charge >= 0.3 is 5.51 Å². The third-order valence-corrected chi connectivity index (χ3v) is 4.68. The third kappa shape index (κ3) is 3.74. The minimum atomic E-state index is -6.09. The van der Waals surface area contributed by atoms with Gasteiger partial charge in [0.15, 0.2) is 15.8 Å². The summed E-state index contributed by atoms with van der Waals surface area (Å²) in [6.45, 7) is 0. The van der Waals surface area contributed by atoms with Gasteiger partial charge in [0.1, 0.15) is 7.05 Å². The molecule has 1 aromatic heterocycles. The Morgan fingerprint density at radius 2 is 1.40 bits per heavy atom. The van der Waals surface area contributed by atoms with E-state index >= 15 is 0 Å². The number of fused-ring (bicyclic) bond motifs is 2. The quantitative estimate of drug-likeness (QED) is 0.253. The molecule has 0 atom stereocenters. The van der Waals surface area contributed by atoms with Crippen LogP contribution in [-0.4, -0.2) is 39.9 Å². The number of aromatic nitrogens is 3. The summed E-state index contributed by atoms with van der Waals surface area (Å²) in [6, 6.07) is 16.2. The van der Waals surface area contributed by atoms with Crippen LogP contribution in [0.3, 0.4) is 0 Å². The number of halogens is 3. The standard InChI is InChI=1S/C17H12N3O2.CHF3O3S/c1-19-14-15(20(18-19)11-7-3-2-4-8-11)17(22)13-10-6-5-9-12(13)16(14)21;2-1(3,4)8(5,6)7/h2-10H,1H3;(H,5,6,7)/q+1;/p-1. The molecule has 3 aromatic rings. The van der Waals surface area contributed by atoms with E-state index in [-0.39, 0.29) is 11.6 Å². The number of para-hydroxylation sites is 1. The van der Waals surface area contributed by atoms with Crippen LogP contribution in [0.15, 0.2) is 54.6 Å². The van der Waals surface area contributed by atoms with Gasteiger partial charge in [-0.2, -0.15) is 13.2 Å². The van der Waals surface area contributed by atoms with Gasteiger partial charge in [-0.15, -0.1) is 4.68 Å². The van der Waals surface area contributed by atoms with Gasteiger partial charge in [-0.25, -0.2) is 8.42 Å². The molecule has 0 saturated heterocycles. The van der Waals surface area contributed by atoms with Gasteiger partial charge in [-0.3, -0.25) is 9.59 Å². The molecule has 12 heteroatoms. The summed E-state index contributed by atoms with van der Waals surface area (Å²) < 4.78 is 61.9. The first kappa shape index (κ1) is 21.3. The Bertz CT molecular complexity index is 1250. The van der Waals surface area contributed by atoms with Crippen LogP contribution in [0.4, 0.5) is 13.2 Å². The van der Waals surface area contributed by atoms with Gasteiger partial charge in [0.05, 0.1) is 5.21 Å². The lowest BCUT2D eigenvalue weighted by atomic mass is 9.90. The average Bonchev–Trinajstić information content (AvgIpc) is 3.03. The Labute approximate surface area is 167 Å². The highest BCUT2D eigenvalue weighted by Crippen LogP contribution is 2.26. The Balaban J connectivity index is 0.000000275. The molecule has 0 saturated carbocycles. The molecular formula is C18H12F3N3O5S. The summed E-state index contributed by atoms with van der Waals surface area (Å²) in [5.41, 5.74) is -3.39. The lowest BCUT2D eigenvalue weighted by Gasteiger charge is -2.10. The molecule has 0 fully saturated rings. The fraction of sp³-hybridized carbons (Fsp3) is 0.111. The van der Waals surface area contributed by atoms with E-state index in [2.05, 4.69) is 5.21 Å². The largest absolute Gasteiger partial charge is 0.741 e. The number of rotatable bonds is 1. The van der Waals surface area contributed by atoms with Crippen molar-refractivity contribution in [1.29, 1.82) is 0 Å². The Kier molecular flexibility index (Phi) is 5.31. The van der Waals surface area contributed by atoms with Crippen LogP contribution < -0.4 is 4.68 Å². The summed E-state index contributed by atoms with van der Waals surface area (Å²) >= 11 is 0. The number of nitrogens with zero attached hydrogens (tertiary/aromatic N) is 3. The maximum absolute atomic E-state index is 12.8. The van der Waals surface area contributed by atoms with Crippen molar-refractivity contribution in [2.24, 2.45) is 7.05 Å². The van der Waals surface area contributed by atoms with Crippen molar-refractivity contribution in [1.82, 2.24) is 9.90 Å². The molecule has 0 N–H and O–H groups in total. The zero-order valence-corrected chi connectivity index (χ0v) is 15.9. The lowest BCUT2D eigenvalue weighted by molar-refractivity contribution is -0.733. The van der Waals surface area contributed by atoms with Crippen LogP contribution >= 0.6 is 0 Å². The Hall–Kier alpha value is -3.38. The van der Waals surface area contributed by atoms with Gasteiger partial charge in [0.2, 0.25) is 17.3 Å². The highest BCUT2D eigenvalue weighted by atomic mass is 32.2. The minimum absolute atomic E-state index is 0.171. The highest BCUT2D eigenvalue weighted by Gasteiger charge is 2.42. The molecule has 0 spiro atoms. The molecule has 0 aliphatic heterocycles. The van der Waals surface area contributed by atoms with Gasteiger partial charge in [-0.05, 0) is 12.1 Å². The first-order valence-electron chi connectivity index (χ1n) is 8.19. The zero-order valence-electron chi connectivity index (χ0n) is 15.1. The summed E-state index contributed by atoms with van der Waals surface area (Å²) in [5, 5.41) is 4.34. The van der Waals surface area contributed by atoms with Crippen LogP contribution in [0.2, 0.25) is 0 Å². The number of carbonyl (C=O) groups is 2. The van der Waals surface area contributed by atoms with Crippen LogP contribution in [0.1, 0.15) is 32.1 Å². The Morgan fingerprint density at radius 3 is 1.90 bits per heavy atom. The van der Waals surface area contributed by atoms with E-state index in [1.165, 1.54) is 9.36 Å². The van der Waals surface area contributed by atoms with E-state index in [0.29, 0.717) is 22.5 Å². The van der Waals surface area contributed by atoms with Crippen molar-refractivity contribution in [2.45, 2.75) is 5.51 Å². The van der Waals surface area contributed by atoms with Crippen LogP contribution in [-0.2, 0) is 17.2 Å². The van der Waals surface area contributed by atoms with Gasteiger partial charge in [0.25, 0.3) is 5.69 Å². The topological polar surface area (TPSA) is 113 Å². The van der Waals surface area contributed by atoms with Crippen LogP contribution in [0, 0.1) is 0 Å². The fourth-order valence-electron chi connectivity index (χ4n) is 2.82. The number of ketones is 2. The highest BCUT2D eigenvalue weighted by molar-refractivity contribution is 7.86. The van der Waals surface area contributed by atoms with Gasteiger partial charge in [-0.1, -0.05) is 47.1 Å². The third-order valence-electron chi connectivity index (χ3n) is 4.11. The Morgan fingerprint density at radius 1 is 0.933 bits per heavy atom. The molecule has 1 aliphatic rings.